The van der Waals surface area contributed by atoms with E-state index in [4.69, 9.17) is 10.4 Å². The second-order valence-electron chi connectivity index (χ2n) is 4.41. The molecule has 0 radical (unpaired) electrons. The molecule has 0 spiro atoms. The van der Waals surface area contributed by atoms with Gasteiger partial charge in [-0.1, -0.05) is 6.07 Å². The van der Waals surface area contributed by atoms with Crippen molar-refractivity contribution < 1.29 is 14.7 Å². The number of hydrogen-bond donors (Lipinski definition) is 1. The number of nitrogens with zero attached hydrogens (tertiary/aromatic N) is 2. The van der Waals surface area contributed by atoms with Crippen LogP contribution in [0.2, 0.25) is 0 Å². The number of carboxylic acids is 1. The van der Waals surface area contributed by atoms with Crippen LogP contribution < -0.4 is 4.90 Å². The van der Waals surface area contributed by atoms with E-state index in [0.29, 0.717) is 16.8 Å². The Hall–Kier alpha value is -3.13. The Morgan fingerprint density at radius 1 is 1.10 bits per heavy atom. The van der Waals surface area contributed by atoms with Gasteiger partial charge in [0.05, 0.1) is 17.2 Å². The van der Waals surface area contributed by atoms with Crippen LogP contribution in [0.15, 0.2) is 48.5 Å². The molecule has 0 aromatic heterocycles. The fraction of sp³-hybridized carbons (Fsp3) is 0.0625. The van der Waals surface area contributed by atoms with E-state index >= 15 is 0 Å². The molecule has 0 bridgehead atoms. The van der Waals surface area contributed by atoms with Gasteiger partial charge in [-0.15, -0.1) is 0 Å². The topological polar surface area (TPSA) is 81.4 Å². The van der Waals surface area contributed by atoms with Crippen molar-refractivity contribution in [2.45, 2.75) is 0 Å². The molecule has 0 aliphatic rings. The van der Waals surface area contributed by atoms with Gasteiger partial charge in [0.15, 0.2) is 0 Å². The zero-order valence-corrected chi connectivity index (χ0v) is 11.3. The van der Waals surface area contributed by atoms with Crippen molar-refractivity contribution in [3.8, 4) is 6.07 Å². The third kappa shape index (κ3) is 3.07. The summed E-state index contributed by atoms with van der Waals surface area (Å²) >= 11 is 0. The highest BCUT2D eigenvalue weighted by molar-refractivity contribution is 6.06. The van der Waals surface area contributed by atoms with E-state index < -0.39 is 5.97 Å². The van der Waals surface area contributed by atoms with Crippen LogP contribution in [0.5, 0.6) is 0 Å². The minimum atomic E-state index is -1.08. The summed E-state index contributed by atoms with van der Waals surface area (Å²) in [6, 6.07) is 14.4. The molecule has 0 heterocycles. The van der Waals surface area contributed by atoms with Gasteiger partial charge >= 0.3 is 5.97 Å². The van der Waals surface area contributed by atoms with Crippen molar-refractivity contribution in [1.29, 1.82) is 5.26 Å². The highest BCUT2D eigenvalue weighted by Crippen LogP contribution is 2.17. The highest BCUT2D eigenvalue weighted by Gasteiger charge is 2.15. The fourth-order valence-corrected chi connectivity index (χ4v) is 1.86. The number of benzene rings is 2. The molecule has 5 heteroatoms. The molecule has 0 saturated carbocycles. The molecule has 21 heavy (non-hydrogen) atoms. The van der Waals surface area contributed by atoms with Gasteiger partial charge in [0.25, 0.3) is 5.91 Å². The monoisotopic (exact) mass is 280 g/mol. The first-order valence-corrected chi connectivity index (χ1v) is 6.14. The predicted octanol–water partition coefficient (Wildman–Crippen LogP) is 2.53. The number of anilines is 1. The number of carbonyl (C=O) groups is 2. The van der Waals surface area contributed by atoms with Crippen molar-refractivity contribution in [2.75, 3.05) is 11.9 Å². The molecule has 1 N–H and O–H groups in total. The molecule has 0 aliphatic heterocycles. The molecule has 1 amide bonds. The average molecular weight is 280 g/mol. The Bertz CT molecular complexity index is 730. The van der Waals surface area contributed by atoms with Crippen LogP contribution in [0, 0.1) is 11.3 Å². The summed E-state index contributed by atoms with van der Waals surface area (Å²) in [6.45, 7) is 0. The van der Waals surface area contributed by atoms with Gasteiger partial charge in [-0.25, -0.2) is 4.79 Å². The molecule has 2 aromatic rings. The van der Waals surface area contributed by atoms with Gasteiger partial charge in [0.2, 0.25) is 0 Å². The lowest BCUT2D eigenvalue weighted by molar-refractivity contribution is 0.0697. The van der Waals surface area contributed by atoms with Crippen LogP contribution in [-0.4, -0.2) is 24.0 Å². The van der Waals surface area contributed by atoms with E-state index in [1.165, 1.54) is 23.1 Å². The third-order valence-electron chi connectivity index (χ3n) is 3.04. The van der Waals surface area contributed by atoms with Crippen molar-refractivity contribution in [1.82, 2.24) is 0 Å². The Morgan fingerprint density at radius 3 is 2.29 bits per heavy atom. The van der Waals surface area contributed by atoms with Crippen molar-refractivity contribution in [3.63, 3.8) is 0 Å². The van der Waals surface area contributed by atoms with Gasteiger partial charge in [0, 0.05) is 18.3 Å². The van der Waals surface area contributed by atoms with Crippen molar-refractivity contribution in [3.05, 3.63) is 65.2 Å². The SMILES string of the molecule is CN(C(=O)c1cccc(C(=O)O)c1)c1ccc(C#N)cc1. The first-order valence-electron chi connectivity index (χ1n) is 6.14. The largest absolute Gasteiger partial charge is 0.478 e. The van der Waals surface area contributed by atoms with Crippen LogP contribution in [0.1, 0.15) is 26.3 Å². The molecular formula is C16H12N2O3. The molecule has 2 rings (SSSR count). The highest BCUT2D eigenvalue weighted by atomic mass is 16.4. The molecule has 0 atom stereocenters. The lowest BCUT2D eigenvalue weighted by Crippen LogP contribution is -2.26. The molecule has 2 aromatic carbocycles. The minimum Gasteiger partial charge on any atom is -0.478 e. The number of rotatable bonds is 3. The van der Waals surface area contributed by atoms with Gasteiger partial charge in [-0.05, 0) is 42.5 Å². The number of aromatic carboxylic acids is 1. The van der Waals surface area contributed by atoms with Crippen LogP contribution >= 0.6 is 0 Å². The maximum atomic E-state index is 12.3. The zero-order chi connectivity index (χ0) is 15.4. The standard InChI is InChI=1S/C16H12N2O3/c1-18(14-7-5-11(10-17)6-8-14)15(19)12-3-2-4-13(9-12)16(20)21/h2-9H,1H3,(H,20,21). The second-order valence-corrected chi connectivity index (χ2v) is 4.41. The normalized spacial score (nSPS) is 9.71. The number of carbonyl (C=O) groups excluding carboxylic acids is 1. The molecule has 0 saturated heterocycles. The van der Waals surface area contributed by atoms with Crippen LogP contribution in [-0.2, 0) is 0 Å². The molecule has 0 aliphatic carbocycles. The second kappa shape index (κ2) is 5.88. The van der Waals surface area contributed by atoms with Gasteiger partial charge in [-0.2, -0.15) is 5.26 Å². The molecule has 0 fully saturated rings. The van der Waals surface area contributed by atoms with E-state index in [1.54, 1.807) is 37.4 Å². The summed E-state index contributed by atoms with van der Waals surface area (Å²) in [5.74, 6) is -1.39. The van der Waals surface area contributed by atoms with E-state index in [1.807, 2.05) is 6.07 Å². The Labute approximate surface area is 121 Å². The summed E-state index contributed by atoms with van der Waals surface area (Å²) in [7, 11) is 1.59. The van der Waals surface area contributed by atoms with E-state index in [2.05, 4.69) is 0 Å². The van der Waals surface area contributed by atoms with Gasteiger partial charge < -0.3 is 10.0 Å². The lowest BCUT2D eigenvalue weighted by Gasteiger charge is -2.17. The third-order valence-corrected chi connectivity index (χ3v) is 3.04. The Kier molecular flexibility index (Phi) is 4.00. The first kappa shape index (κ1) is 14.3. The van der Waals surface area contributed by atoms with Crippen LogP contribution in [0.3, 0.4) is 0 Å². The summed E-state index contributed by atoms with van der Waals surface area (Å²) < 4.78 is 0. The van der Waals surface area contributed by atoms with Crippen molar-refractivity contribution >= 4 is 17.6 Å². The number of carboxylic acid groups (broad SMARTS) is 1. The Morgan fingerprint density at radius 2 is 1.71 bits per heavy atom. The van der Waals surface area contributed by atoms with E-state index in [0.717, 1.165) is 0 Å². The molecule has 104 valence electrons. The van der Waals surface area contributed by atoms with Gasteiger partial charge in [-0.3, -0.25) is 4.79 Å². The number of nitriles is 1. The summed E-state index contributed by atoms with van der Waals surface area (Å²) in [4.78, 5) is 24.7. The number of amides is 1. The average Bonchev–Trinajstić information content (AvgIpc) is 2.53. The molecular weight excluding hydrogens is 268 g/mol. The van der Waals surface area contributed by atoms with Crippen LogP contribution in [0.4, 0.5) is 5.69 Å². The van der Waals surface area contributed by atoms with E-state index in [-0.39, 0.29) is 11.5 Å². The Balaban J connectivity index is 2.28. The summed E-state index contributed by atoms with van der Waals surface area (Å²) in [5, 5.41) is 17.7. The van der Waals surface area contributed by atoms with Crippen LogP contribution in [0.25, 0.3) is 0 Å². The van der Waals surface area contributed by atoms with Gasteiger partial charge in [0.1, 0.15) is 0 Å². The van der Waals surface area contributed by atoms with E-state index in [9.17, 15) is 9.59 Å². The fourth-order valence-electron chi connectivity index (χ4n) is 1.86. The summed E-state index contributed by atoms with van der Waals surface area (Å²) in [6.07, 6.45) is 0. The smallest absolute Gasteiger partial charge is 0.335 e. The maximum absolute atomic E-state index is 12.3. The number of hydrogen-bond acceptors (Lipinski definition) is 3. The maximum Gasteiger partial charge on any atom is 0.335 e. The summed E-state index contributed by atoms with van der Waals surface area (Å²) in [5.41, 5.74) is 1.49. The molecule has 0 unspecified atom stereocenters. The quantitative estimate of drug-likeness (QED) is 0.936. The zero-order valence-electron chi connectivity index (χ0n) is 11.3. The minimum absolute atomic E-state index is 0.0640. The first-order chi connectivity index (χ1) is 10.0. The lowest BCUT2D eigenvalue weighted by atomic mass is 10.1. The molecule has 5 nitrogen and oxygen atoms in total. The van der Waals surface area contributed by atoms with Crippen molar-refractivity contribution in [2.24, 2.45) is 0 Å². The predicted molar refractivity (Wildman–Crippen MR) is 77.3 cm³/mol.